The second-order valence-electron chi connectivity index (χ2n) is 8.43. The van der Waals surface area contributed by atoms with Gasteiger partial charge < -0.3 is 10.1 Å². The topological polar surface area (TPSA) is 73.2 Å². The standard InChI is InChI=1S/C24H29N3O3S2/c1-14-9-10-18(15(2)11-14)27-23(29)21-17-7-5-6-8-19(17)32-22(21)26-24(27)31-13-20(28)25-16(3)12-30-4/h9-11,16H,5-8,12-13H2,1-4H3,(H,25,28). The summed E-state index contributed by atoms with van der Waals surface area (Å²) in [5, 5.41) is 4.24. The summed E-state index contributed by atoms with van der Waals surface area (Å²) in [5.74, 6) is 0.0775. The van der Waals surface area contributed by atoms with Crippen molar-refractivity contribution in [3.63, 3.8) is 0 Å². The molecule has 1 N–H and O–H groups in total. The van der Waals surface area contributed by atoms with Crippen LogP contribution in [0, 0.1) is 13.8 Å². The van der Waals surface area contributed by atoms with Crippen molar-refractivity contribution in [3.8, 4) is 5.69 Å². The number of nitrogens with zero attached hydrogens (tertiary/aromatic N) is 2. The maximum absolute atomic E-state index is 13.8. The number of thiophene rings is 1. The van der Waals surface area contributed by atoms with Gasteiger partial charge in [0.15, 0.2) is 5.16 Å². The number of rotatable bonds is 7. The van der Waals surface area contributed by atoms with Crippen molar-refractivity contribution in [1.82, 2.24) is 14.9 Å². The summed E-state index contributed by atoms with van der Waals surface area (Å²) in [6.07, 6.45) is 4.22. The molecule has 1 aliphatic carbocycles. The predicted molar refractivity (Wildman–Crippen MR) is 132 cm³/mol. The number of fused-ring (bicyclic) bond motifs is 3. The highest BCUT2D eigenvalue weighted by Crippen LogP contribution is 2.35. The fourth-order valence-corrected chi connectivity index (χ4v) is 6.41. The monoisotopic (exact) mass is 471 g/mol. The zero-order valence-corrected chi connectivity index (χ0v) is 20.6. The molecule has 1 aromatic carbocycles. The summed E-state index contributed by atoms with van der Waals surface area (Å²) in [6.45, 7) is 6.40. The number of hydrogen-bond donors (Lipinski definition) is 1. The zero-order chi connectivity index (χ0) is 22.8. The lowest BCUT2D eigenvalue weighted by Crippen LogP contribution is -2.36. The summed E-state index contributed by atoms with van der Waals surface area (Å²) in [5.41, 5.74) is 4.12. The molecule has 32 heavy (non-hydrogen) atoms. The summed E-state index contributed by atoms with van der Waals surface area (Å²) in [7, 11) is 1.61. The molecule has 8 heteroatoms. The summed E-state index contributed by atoms with van der Waals surface area (Å²) in [4.78, 5) is 33.3. The number of thioether (sulfide) groups is 1. The molecule has 0 aliphatic heterocycles. The Morgan fingerprint density at radius 2 is 2.09 bits per heavy atom. The first-order chi connectivity index (χ1) is 15.4. The lowest BCUT2D eigenvalue weighted by molar-refractivity contribution is -0.119. The van der Waals surface area contributed by atoms with Crippen molar-refractivity contribution in [3.05, 3.63) is 50.1 Å². The maximum atomic E-state index is 13.8. The smallest absolute Gasteiger partial charge is 0.267 e. The third-order valence-corrected chi connectivity index (χ3v) is 7.83. The van der Waals surface area contributed by atoms with E-state index in [-0.39, 0.29) is 23.3 Å². The highest BCUT2D eigenvalue weighted by atomic mass is 32.2. The number of benzene rings is 1. The van der Waals surface area contributed by atoms with E-state index in [1.54, 1.807) is 23.0 Å². The van der Waals surface area contributed by atoms with Crippen molar-refractivity contribution in [2.75, 3.05) is 19.5 Å². The summed E-state index contributed by atoms with van der Waals surface area (Å²) < 4.78 is 6.80. The number of nitrogens with one attached hydrogen (secondary N) is 1. The minimum absolute atomic E-state index is 0.0305. The molecule has 3 aromatic rings. The Hall–Kier alpha value is -2.16. The van der Waals surface area contributed by atoms with Crippen LogP contribution in [-0.2, 0) is 22.4 Å². The molecule has 4 rings (SSSR count). The largest absolute Gasteiger partial charge is 0.383 e. The van der Waals surface area contributed by atoms with Gasteiger partial charge in [0.05, 0.1) is 23.4 Å². The fraction of sp³-hybridized carbons (Fsp3) is 0.458. The van der Waals surface area contributed by atoms with Gasteiger partial charge >= 0.3 is 0 Å². The number of hydrogen-bond acceptors (Lipinski definition) is 6. The molecular weight excluding hydrogens is 442 g/mol. The van der Waals surface area contributed by atoms with Crippen LogP contribution in [-0.4, -0.2) is 41.0 Å². The second kappa shape index (κ2) is 9.77. The Balaban J connectivity index is 1.78. The normalized spacial score (nSPS) is 14.4. The minimum Gasteiger partial charge on any atom is -0.383 e. The van der Waals surface area contributed by atoms with Crippen LogP contribution in [0.2, 0.25) is 0 Å². The van der Waals surface area contributed by atoms with Gasteiger partial charge in [0.2, 0.25) is 5.91 Å². The molecule has 6 nitrogen and oxygen atoms in total. The Bertz CT molecular complexity index is 1220. The molecule has 1 atom stereocenters. The third-order valence-electron chi connectivity index (χ3n) is 5.71. The van der Waals surface area contributed by atoms with Crippen molar-refractivity contribution < 1.29 is 9.53 Å². The number of carbonyl (C=O) groups is 1. The van der Waals surface area contributed by atoms with E-state index in [0.717, 1.165) is 52.7 Å². The van der Waals surface area contributed by atoms with Gasteiger partial charge in [-0.05, 0) is 63.6 Å². The molecule has 0 fully saturated rings. The zero-order valence-electron chi connectivity index (χ0n) is 19.0. The Morgan fingerprint density at radius 3 is 2.84 bits per heavy atom. The highest BCUT2D eigenvalue weighted by molar-refractivity contribution is 7.99. The van der Waals surface area contributed by atoms with E-state index in [1.807, 2.05) is 32.9 Å². The van der Waals surface area contributed by atoms with Crippen LogP contribution < -0.4 is 10.9 Å². The van der Waals surface area contributed by atoms with Crippen LogP contribution in [0.15, 0.2) is 28.2 Å². The van der Waals surface area contributed by atoms with Gasteiger partial charge in [0.25, 0.3) is 5.56 Å². The van der Waals surface area contributed by atoms with Gasteiger partial charge in [0.1, 0.15) is 4.83 Å². The number of amides is 1. The minimum atomic E-state index is -0.105. The predicted octanol–water partition coefficient (Wildman–Crippen LogP) is 4.19. The van der Waals surface area contributed by atoms with E-state index >= 15 is 0 Å². The van der Waals surface area contributed by atoms with E-state index in [1.165, 1.54) is 22.2 Å². The molecule has 0 saturated carbocycles. The quantitative estimate of drug-likeness (QED) is 0.413. The van der Waals surface area contributed by atoms with Gasteiger partial charge in [-0.2, -0.15) is 0 Å². The first-order valence-electron chi connectivity index (χ1n) is 10.9. The number of carbonyl (C=O) groups excluding carboxylic acids is 1. The Kier molecular flexibility index (Phi) is 7.02. The molecule has 170 valence electrons. The maximum Gasteiger partial charge on any atom is 0.267 e. The van der Waals surface area contributed by atoms with E-state index in [0.29, 0.717) is 11.8 Å². The van der Waals surface area contributed by atoms with Crippen LogP contribution in [0.4, 0.5) is 0 Å². The second-order valence-corrected chi connectivity index (χ2v) is 10.5. The molecule has 0 radical (unpaired) electrons. The molecule has 0 saturated heterocycles. The average Bonchev–Trinajstić information content (AvgIpc) is 3.12. The van der Waals surface area contributed by atoms with E-state index in [4.69, 9.17) is 9.72 Å². The number of aromatic nitrogens is 2. The van der Waals surface area contributed by atoms with Gasteiger partial charge in [-0.15, -0.1) is 11.3 Å². The lowest BCUT2D eigenvalue weighted by Gasteiger charge is -2.16. The first-order valence-corrected chi connectivity index (χ1v) is 12.7. The van der Waals surface area contributed by atoms with Crippen LogP contribution in [0.5, 0.6) is 0 Å². The van der Waals surface area contributed by atoms with Gasteiger partial charge in [-0.3, -0.25) is 14.2 Å². The molecule has 2 aromatic heterocycles. The third kappa shape index (κ3) is 4.63. The van der Waals surface area contributed by atoms with Crippen LogP contribution in [0.1, 0.15) is 41.3 Å². The number of aryl methyl sites for hydroxylation is 4. The fourth-order valence-electron chi connectivity index (χ4n) is 4.29. The molecule has 1 aliphatic rings. The van der Waals surface area contributed by atoms with E-state index in [2.05, 4.69) is 11.4 Å². The van der Waals surface area contributed by atoms with Crippen molar-refractivity contribution >= 4 is 39.2 Å². The van der Waals surface area contributed by atoms with Gasteiger partial charge in [-0.25, -0.2) is 4.98 Å². The van der Waals surface area contributed by atoms with Gasteiger partial charge in [-0.1, -0.05) is 29.5 Å². The SMILES string of the molecule is COCC(C)NC(=O)CSc1nc2sc3c(c2c(=O)n1-c1ccc(C)cc1C)CCCC3. The Morgan fingerprint density at radius 1 is 1.31 bits per heavy atom. The van der Waals surface area contributed by atoms with Crippen LogP contribution in [0.25, 0.3) is 15.9 Å². The van der Waals surface area contributed by atoms with Crippen LogP contribution >= 0.6 is 23.1 Å². The molecule has 0 spiro atoms. The summed E-state index contributed by atoms with van der Waals surface area (Å²) in [6, 6.07) is 5.98. The highest BCUT2D eigenvalue weighted by Gasteiger charge is 2.24. The van der Waals surface area contributed by atoms with Crippen molar-refractivity contribution in [1.29, 1.82) is 0 Å². The van der Waals surface area contributed by atoms with Crippen molar-refractivity contribution in [2.45, 2.75) is 57.7 Å². The molecule has 1 amide bonds. The molecule has 0 bridgehead atoms. The van der Waals surface area contributed by atoms with E-state index in [9.17, 15) is 9.59 Å². The molecular formula is C24H29N3O3S2. The average molecular weight is 472 g/mol. The van der Waals surface area contributed by atoms with Crippen LogP contribution in [0.3, 0.4) is 0 Å². The number of ether oxygens (including phenoxy) is 1. The first kappa shape index (κ1) is 23.0. The molecule has 1 unspecified atom stereocenters. The lowest BCUT2D eigenvalue weighted by atomic mass is 9.97. The van der Waals surface area contributed by atoms with Crippen molar-refractivity contribution in [2.24, 2.45) is 0 Å². The molecule has 2 heterocycles. The van der Waals surface area contributed by atoms with Gasteiger partial charge in [0, 0.05) is 18.0 Å². The Labute approximate surface area is 196 Å². The summed E-state index contributed by atoms with van der Waals surface area (Å²) >= 11 is 2.94. The number of methoxy groups -OCH3 is 1. The van der Waals surface area contributed by atoms with E-state index < -0.39 is 0 Å².